The average molecular weight is 547 g/mol. The number of amides is 1. The second kappa shape index (κ2) is 11.6. The molecule has 2 saturated heterocycles. The third-order valence-corrected chi connectivity index (χ3v) is 7.54. The quantitative estimate of drug-likeness (QED) is 0.395. The highest BCUT2D eigenvalue weighted by Gasteiger charge is 2.42. The molecule has 2 aliphatic heterocycles. The van der Waals surface area contributed by atoms with Gasteiger partial charge in [-0.2, -0.15) is 13.2 Å². The summed E-state index contributed by atoms with van der Waals surface area (Å²) in [6.07, 6.45) is 0.0399. The van der Waals surface area contributed by atoms with Crippen LogP contribution in [-0.2, 0) is 11.3 Å². The van der Waals surface area contributed by atoms with Gasteiger partial charge < -0.3 is 15.1 Å². The van der Waals surface area contributed by atoms with Crippen LogP contribution in [0, 0.1) is 5.82 Å². The van der Waals surface area contributed by atoms with E-state index in [1.54, 1.807) is 24.3 Å². The standard InChI is InChI=1S/C27H29FN2O2.C2HF3O2/c28-23-9-3-6-20(16-23)19-30-14-5-11-27(30)10-4-13-29(15-12-27)26(32)24-17-21-7-1-2-8-22(21)18-25(24)31;3-2(4,5)1(6)7/h1-3,6-9,16-18,31H,4-5,10-15,19H2;(H,6,7). The number of nitrogens with zero attached hydrogens (tertiary/aromatic N) is 2. The molecule has 3 aromatic rings. The monoisotopic (exact) mass is 546 g/mol. The van der Waals surface area contributed by atoms with Crippen molar-refractivity contribution in [3.05, 3.63) is 77.6 Å². The summed E-state index contributed by atoms with van der Waals surface area (Å²) in [5.74, 6) is -3.00. The van der Waals surface area contributed by atoms with Gasteiger partial charge in [0.05, 0.1) is 5.56 Å². The highest BCUT2D eigenvalue weighted by molar-refractivity contribution is 6.01. The van der Waals surface area contributed by atoms with Gasteiger partial charge >= 0.3 is 12.1 Å². The van der Waals surface area contributed by atoms with Gasteiger partial charge in [0.1, 0.15) is 11.6 Å². The zero-order valence-electron chi connectivity index (χ0n) is 21.3. The molecule has 0 saturated carbocycles. The van der Waals surface area contributed by atoms with Gasteiger partial charge in [0.15, 0.2) is 0 Å². The number of halogens is 4. The summed E-state index contributed by atoms with van der Waals surface area (Å²) in [6, 6.07) is 18.1. The Morgan fingerprint density at radius 3 is 2.15 bits per heavy atom. The molecule has 1 atom stereocenters. The number of aliphatic carboxylic acids is 1. The molecular weight excluding hydrogens is 516 g/mol. The summed E-state index contributed by atoms with van der Waals surface area (Å²) in [6.45, 7) is 3.12. The van der Waals surface area contributed by atoms with E-state index in [0.29, 0.717) is 18.7 Å². The number of benzene rings is 3. The molecule has 2 heterocycles. The van der Waals surface area contributed by atoms with Gasteiger partial charge in [-0.1, -0.05) is 36.4 Å². The predicted octanol–water partition coefficient (Wildman–Crippen LogP) is 5.98. The maximum Gasteiger partial charge on any atom is 0.490 e. The van der Waals surface area contributed by atoms with Crippen LogP contribution in [0.1, 0.15) is 48.0 Å². The van der Waals surface area contributed by atoms with E-state index in [1.807, 2.05) is 35.2 Å². The molecule has 5 rings (SSSR count). The number of rotatable bonds is 3. The van der Waals surface area contributed by atoms with Crippen LogP contribution in [0.5, 0.6) is 5.75 Å². The van der Waals surface area contributed by atoms with Gasteiger partial charge in [0.25, 0.3) is 5.91 Å². The number of phenolic OH excluding ortho intramolecular Hbond substituents is 1. The molecular formula is C29H30F4N2O4. The molecule has 1 amide bonds. The lowest BCUT2D eigenvalue weighted by Crippen LogP contribution is -2.44. The van der Waals surface area contributed by atoms with Crippen molar-refractivity contribution in [1.29, 1.82) is 0 Å². The minimum atomic E-state index is -5.08. The van der Waals surface area contributed by atoms with Gasteiger partial charge in [0, 0.05) is 25.2 Å². The highest BCUT2D eigenvalue weighted by Crippen LogP contribution is 2.40. The van der Waals surface area contributed by atoms with Crippen LogP contribution in [0.25, 0.3) is 10.8 Å². The van der Waals surface area contributed by atoms with Crippen LogP contribution in [-0.4, -0.2) is 63.2 Å². The van der Waals surface area contributed by atoms with Crippen LogP contribution >= 0.6 is 0 Å². The Balaban J connectivity index is 0.000000448. The fourth-order valence-electron chi connectivity index (χ4n) is 5.61. The molecule has 1 spiro atoms. The fraction of sp³-hybridized carbons (Fsp3) is 0.379. The van der Waals surface area contributed by atoms with E-state index in [9.17, 15) is 27.5 Å². The van der Waals surface area contributed by atoms with Crippen molar-refractivity contribution < 1.29 is 37.4 Å². The van der Waals surface area contributed by atoms with Crippen LogP contribution in [0.3, 0.4) is 0 Å². The van der Waals surface area contributed by atoms with Crippen molar-refractivity contribution in [1.82, 2.24) is 9.80 Å². The molecule has 2 N–H and O–H groups in total. The normalized spacial score (nSPS) is 19.9. The average Bonchev–Trinajstić information content (AvgIpc) is 3.12. The Morgan fingerprint density at radius 1 is 0.872 bits per heavy atom. The Bertz CT molecular complexity index is 1350. The maximum atomic E-state index is 13.7. The third kappa shape index (κ3) is 6.68. The lowest BCUT2D eigenvalue weighted by atomic mass is 9.87. The van der Waals surface area contributed by atoms with Crippen molar-refractivity contribution in [2.45, 2.75) is 50.4 Å². The SMILES string of the molecule is O=C(O)C(F)(F)F.O=C(c1cc2ccccc2cc1O)N1CCCC2(CCCN2Cc2cccc(F)c2)CC1. The fourth-order valence-corrected chi connectivity index (χ4v) is 5.61. The van der Waals surface area contributed by atoms with Gasteiger partial charge in [-0.3, -0.25) is 9.69 Å². The van der Waals surface area contributed by atoms with E-state index in [4.69, 9.17) is 9.90 Å². The first kappa shape index (κ1) is 28.4. The molecule has 0 radical (unpaired) electrons. The van der Waals surface area contributed by atoms with Crippen LogP contribution in [0.4, 0.5) is 17.6 Å². The molecule has 2 fully saturated rings. The van der Waals surface area contributed by atoms with Gasteiger partial charge in [-0.15, -0.1) is 0 Å². The Labute approximate surface area is 223 Å². The molecule has 208 valence electrons. The zero-order valence-corrected chi connectivity index (χ0v) is 21.3. The van der Waals surface area contributed by atoms with E-state index in [1.165, 1.54) is 6.07 Å². The molecule has 1 unspecified atom stereocenters. The summed E-state index contributed by atoms with van der Waals surface area (Å²) in [5, 5.41) is 19.5. The number of alkyl halides is 3. The summed E-state index contributed by atoms with van der Waals surface area (Å²) in [5.41, 5.74) is 1.44. The number of aromatic hydroxyl groups is 1. The number of hydrogen-bond acceptors (Lipinski definition) is 4. The summed E-state index contributed by atoms with van der Waals surface area (Å²) in [7, 11) is 0. The molecule has 6 nitrogen and oxygen atoms in total. The molecule has 0 aromatic heterocycles. The minimum absolute atomic E-state index is 0.0428. The second-order valence-electron chi connectivity index (χ2n) is 10.0. The number of phenols is 1. The lowest BCUT2D eigenvalue weighted by molar-refractivity contribution is -0.192. The Hall–Kier alpha value is -3.66. The number of carbonyl (C=O) groups is 2. The Morgan fingerprint density at radius 2 is 1.51 bits per heavy atom. The number of carboxylic acid groups (broad SMARTS) is 1. The number of carboxylic acids is 1. The zero-order chi connectivity index (χ0) is 28.2. The van der Waals surface area contributed by atoms with Crippen LogP contribution in [0.2, 0.25) is 0 Å². The largest absolute Gasteiger partial charge is 0.507 e. The first-order chi connectivity index (χ1) is 18.5. The third-order valence-electron chi connectivity index (χ3n) is 7.54. The van der Waals surface area contributed by atoms with E-state index in [2.05, 4.69) is 4.90 Å². The van der Waals surface area contributed by atoms with E-state index < -0.39 is 12.1 Å². The summed E-state index contributed by atoms with van der Waals surface area (Å²) < 4.78 is 45.4. The molecule has 0 aliphatic carbocycles. The highest BCUT2D eigenvalue weighted by atomic mass is 19.4. The molecule has 0 bridgehead atoms. The van der Waals surface area contributed by atoms with Crippen molar-refractivity contribution in [3.63, 3.8) is 0 Å². The topological polar surface area (TPSA) is 81.1 Å². The molecule has 39 heavy (non-hydrogen) atoms. The smallest absolute Gasteiger partial charge is 0.490 e. The number of hydrogen-bond donors (Lipinski definition) is 2. The predicted molar refractivity (Wildman–Crippen MR) is 138 cm³/mol. The van der Waals surface area contributed by atoms with E-state index in [0.717, 1.165) is 61.5 Å². The van der Waals surface area contributed by atoms with Crippen molar-refractivity contribution >= 4 is 22.6 Å². The van der Waals surface area contributed by atoms with Gasteiger partial charge in [0.2, 0.25) is 0 Å². The Kier molecular flexibility index (Phi) is 8.44. The summed E-state index contributed by atoms with van der Waals surface area (Å²) >= 11 is 0. The van der Waals surface area contributed by atoms with Gasteiger partial charge in [-0.05, 0) is 79.3 Å². The van der Waals surface area contributed by atoms with Crippen molar-refractivity contribution in [2.24, 2.45) is 0 Å². The molecule has 10 heteroatoms. The number of likely N-dealkylation sites (tertiary alicyclic amines) is 2. The lowest BCUT2D eigenvalue weighted by Gasteiger charge is -2.38. The second-order valence-corrected chi connectivity index (χ2v) is 10.0. The number of carbonyl (C=O) groups excluding carboxylic acids is 1. The maximum absolute atomic E-state index is 13.7. The first-order valence-corrected chi connectivity index (χ1v) is 12.8. The van der Waals surface area contributed by atoms with Crippen molar-refractivity contribution in [2.75, 3.05) is 19.6 Å². The van der Waals surface area contributed by atoms with E-state index >= 15 is 0 Å². The van der Waals surface area contributed by atoms with Crippen LogP contribution in [0.15, 0.2) is 60.7 Å². The van der Waals surface area contributed by atoms with Gasteiger partial charge in [-0.25, -0.2) is 9.18 Å². The molecule has 2 aliphatic rings. The van der Waals surface area contributed by atoms with Crippen LogP contribution < -0.4 is 0 Å². The minimum Gasteiger partial charge on any atom is -0.507 e. The molecule has 3 aromatic carbocycles. The first-order valence-electron chi connectivity index (χ1n) is 12.8. The van der Waals surface area contributed by atoms with E-state index in [-0.39, 0.29) is 23.0 Å². The van der Waals surface area contributed by atoms with Crippen molar-refractivity contribution in [3.8, 4) is 5.75 Å². The summed E-state index contributed by atoms with van der Waals surface area (Å²) in [4.78, 5) is 26.6. The number of fused-ring (bicyclic) bond motifs is 1.